The summed E-state index contributed by atoms with van der Waals surface area (Å²) >= 11 is 0. The number of likely N-dealkylation sites (N-methyl/N-ethyl adjacent to an activating group) is 1. The maximum Gasteiger partial charge on any atom is 0.311 e. The lowest BCUT2D eigenvalue weighted by molar-refractivity contribution is -0.303. The molecule has 13 heteroatoms. The number of hydrogen-bond acceptors (Lipinski definition) is 13. The molecule has 56 heavy (non-hydrogen) atoms. The van der Waals surface area contributed by atoms with Gasteiger partial charge in [-0.25, -0.2) is 0 Å². The lowest BCUT2D eigenvalue weighted by atomic mass is 9.70. The summed E-state index contributed by atoms with van der Waals surface area (Å²) in [5.41, 5.74) is -1.64. The van der Waals surface area contributed by atoms with Gasteiger partial charge in [-0.15, -0.1) is 0 Å². The van der Waals surface area contributed by atoms with Crippen molar-refractivity contribution in [1.29, 1.82) is 0 Å². The van der Waals surface area contributed by atoms with Crippen LogP contribution < -0.4 is 4.74 Å². The van der Waals surface area contributed by atoms with E-state index in [1.54, 1.807) is 26.1 Å². The number of Topliss-reactive ketones (excluding diaryl/α,β-unsaturated/α-hetero) is 1. The molecule has 2 aromatic rings. The van der Waals surface area contributed by atoms with Gasteiger partial charge in [0.25, 0.3) is 0 Å². The first kappa shape index (κ1) is 42.4. The average Bonchev–Trinajstić information content (AvgIpc) is 3.49. The molecule has 1 N–H and O–H groups in total. The molecule has 13 nitrogen and oxygen atoms in total. The third-order valence-corrected chi connectivity index (χ3v) is 13.0. The van der Waals surface area contributed by atoms with E-state index in [0.717, 1.165) is 10.9 Å². The minimum atomic E-state index is -1.21. The van der Waals surface area contributed by atoms with Gasteiger partial charge in [0.1, 0.15) is 35.4 Å². The van der Waals surface area contributed by atoms with Crippen molar-refractivity contribution >= 4 is 28.6 Å². The normalized spacial score (nSPS) is 41.6. The first-order valence-electron chi connectivity index (χ1n) is 20.3. The molecular weight excluding hydrogens is 720 g/mol. The van der Waals surface area contributed by atoms with E-state index in [4.69, 9.17) is 33.2 Å². The van der Waals surface area contributed by atoms with Gasteiger partial charge in [-0.2, -0.15) is 0 Å². The van der Waals surface area contributed by atoms with E-state index in [1.807, 2.05) is 84.8 Å². The van der Waals surface area contributed by atoms with Crippen molar-refractivity contribution in [2.24, 2.45) is 29.6 Å². The highest BCUT2D eigenvalue weighted by molar-refractivity contribution is 5.85. The third kappa shape index (κ3) is 8.35. The van der Waals surface area contributed by atoms with Crippen LogP contribution >= 0.6 is 0 Å². The van der Waals surface area contributed by atoms with Crippen LogP contribution in [0, 0.1) is 29.6 Å². The van der Waals surface area contributed by atoms with Crippen LogP contribution in [0.4, 0.5) is 0 Å². The summed E-state index contributed by atoms with van der Waals surface area (Å²) in [5.74, 6) is -3.52. The molecule has 4 saturated heterocycles. The summed E-state index contributed by atoms with van der Waals surface area (Å²) in [4.78, 5) is 48.4. The molecule has 4 aliphatic rings. The van der Waals surface area contributed by atoms with Crippen molar-refractivity contribution in [3.05, 3.63) is 36.5 Å². The number of aliphatic hydroxyl groups is 1. The van der Waals surface area contributed by atoms with Gasteiger partial charge < -0.3 is 43.2 Å². The van der Waals surface area contributed by atoms with Crippen molar-refractivity contribution in [3.8, 4) is 5.75 Å². The predicted molar refractivity (Wildman–Crippen MR) is 207 cm³/mol. The Kier molecular flexibility index (Phi) is 12.8. The van der Waals surface area contributed by atoms with E-state index in [9.17, 15) is 19.5 Å². The highest BCUT2D eigenvalue weighted by Crippen LogP contribution is 2.46. The van der Waals surface area contributed by atoms with Crippen molar-refractivity contribution < 1.29 is 52.6 Å². The van der Waals surface area contributed by atoms with Crippen LogP contribution in [0.1, 0.15) is 81.1 Å². The van der Waals surface area contributed by atoms with Crippen LogP contribution in [0.2, 0.25) is 0 Å². The van der Waals surface area contributed by atoms with E-state index in [-0.39, 0.29) is 44.0 Å². The summed E-state index contributed by atoms with van der Waals surface area (Å²) in [7, 11) is 3.83. The Bertz CT molecular complexity index is 1720. The number of ether oxygens (including phenoxy) is 7. The monoisotopic (exact) mass is 782 g/mol. The van der Waals surface area contributed by atoms with Crippen molar-refractivity contribution in [1.82, 2.24) is 9.88 Å². The number of cyclic esters (lactones) is 1. The van der Waals surface area contributed by atoms with Gasteiger partial charge in [-0.05, 0) is 79.3 Å². The van der Waals surface area contributed by atoms with Crippen LogP contribution in [0.15, 0.2) is 36.5 Å². The molecule has 1 unspecified atom stereocenters. The number of ketones is 1. The highest BCUT2D eigenvalue weighted by Gasteiger charge is 2.57. The molecule has 0 saturated carbocycles. The SMILES string of the molecule is CC[C@H]1OC(=O)[C@H](C)[C@H]2OCC(Oc3ccnc4ccccc34)CO[C@](C)(C[C@@H](C)C(=O)[C@H](C)[C@@H]3CC(=O)O[C@]13C)[C@H](O[C@@H]1O[C@H](C)C[C@H](N(C)C)[C@H]1O)[C@H]2C. The number of rotatable bonds is 6. The van der Waals surface area contributed by atoms with Gasteiger partial charge in [-0.1, -0.05) is 39.8 Å². The minimum absolute atomic E-state index is 0.0346. The lowest BCUT2D eigenvalue weighted by Crippen LogP contribution is -2.60. The highest BCUT2D eigenvalue weighted by atomic mass is 16.7. The molecule has 310 valence electrons. The van der Waals surface area contributed by atoms with E-state index in [0.29, 0.717) is 18.6 Å². The zero-order chi connectivity index (χ0) is 40.7. The zero-order valence-electron chi connectivity index (χ0n) is 34.6. The Morgan fingerprint density at radius 1 is 1.00 bits per heavy atom. The largest absolute Gasteiger partial charge is 0.485 e. The van der Waals surface area contributed by atoms with Gasteiger partial charge in [0.05, 0.1) is 55.0 Å². The second-order valence-corrected chi connectivity index (χ2v) is 17.4. The second kappa shape index (κ2) is 17.0. The van der Waals surface area contributed by atoms with Crippen molar-refractivity contribution in [3.63, 3.8) is 0 Å². The number of fused-ring (bicyclic) bond motifs is 5. The number of carbonyl (C=O) groups is 3. The molecule has 15 atom stereocenters. The molecule has 1 aromatic heterocycles. The van der Waals surface area contributed by atoms with E-state index in [2.05, 4.69) is 4.98 Å². The number of benzene rings is 1. The molecule has 4 fully saturated rings. The molecule has 6 rings (SSSR count). The summed E-state index contributed by atoms with van der Waals surface area (Å²) in [6, 6.07) is 9.25. The van der Waals surface area contributed by atoms with Gasteiger partial charge >= 0.3 is 11.9 Å². The smallest absolute Gasteiger partial charge is 0.311 e. The Morgan fingerprint density at radius 2 is 1.73 bits per heavy atom. The third-order valence-electron chi connectivity index (χ3n) is 13.0. The molecule has 0 radical (unpaired) electrons. The van der Waals surface area contributed by atoms with Crippen LogP contribution in [-0.2, 0) is 42.8 Å². The van der Waals surface area contributed by atoms with E-state index < -0.39 is 89.5 Å². The van der Waals surface area contributed by atoms with E-state index >= 15 is 0 Å². The Labute approximate surface area is 331 Å². The molecule has 5 heterocycles. The molecule has 4 aliphatic heterocycles. The Hall–Kier alpha value is -3.20. The summed E-state index contributed by atoms with van der Waals surface area (Å²) in [6.45, 7) is 15.0. The van der Waals surface area contributed by atoms with Gasteiger partial charge in [-0.3, -0.25) is 19.4 Å². The molecule has 0 aliphatic carbocycles. The first-order valence-corrected chi connectivity index (χ1v) is 20.3. The number of hydrogen-bond donors (Lipinski definition) is 1. The summed E-state index contributed by atoms with van der Waals surface area (Å²) in [6.07, 6.45) is -2.47. The molecular formula is C43H62N2O11. The summed E-state index contributed by atoms with van der Waals surface area (Å²) in [5, 5.41) is 12.5. The Morgan fingerprint density at radius 3 is 2.45 bits per heavy atom. The quantitative estimate of drug-likeness (QED) is 0.386. The molecule has 0 amide bonds. The van der Waals surface area contributed by atoms with Crippen LogP contribution in [0.25, 0.3) is 10.9 Å². The van der Waals surface area contributed by atoms with Gasteiger partial charge in [0.2, 0.25) is 0 Å². The number of esters is 2. The molecule has 0 spiro atoms. The predicted octanol–water partition coefficient (Wildman–Crippen LogP) is 5.13. The van der Waals surface area contributed by atoms with Crippen molar-refractivity contribution in [2.45, 2.75) is 141 Å². The average molecular weight is 783 g/mol. The number of carbonyl (C=O) groups excluding carboxylic acids is 3. The number of para-hydroxylation sites is 1. The van der Waals surface area contributed by atoms with Gasteiger partial charge in [0.15, 0.2) is 6.29 Å². The van der Waals surface area contributed by atoms with Crippen LogP contribution in [-0.4, -0.2) is 120 Å². The first-order chi connectivity index (χ1) is 26.5. The van der Waals surface area contributed by atoms with Crippen LogP contribution in [0.5, 0.6) is 5.75 Å². The van der Waals surface area contributed by atoms with Crippen LogP contribution in [0.3, 0.4) is 0 Å². The fraction of sp³-hybridized carbons (Fsp3) is 0.721. The maximum absolute atomic E-state index is 14.6. The number of aliphatic hydroxyl groups excluding tert-OH is 1. The lowest BCUT2D eigenvalue weighted by Gasteiger charge is -2.48. The fourth-order valence-corrected chi connectivity index (χ4v) is 9.84. The zero-order valence-corrected chi connectivity index (χ0v) is 34.6. The van der Waals surface area contributed by atoms with Gasteiger partial charge in [0, 0.05) is 41.3 Å². The number of aromatic nitrogens is 1. The number of nitrogens with zero attached hydrogens (tertiary/aromatic N) is 2. The van der Waals surface area contributed by atoms with E-state index in [1.165, 1.54) is 0 Å². The molecule has 1 aromatic carbocycles. The second-order valence-electron chi connectivity index (χ2n) is 17.4. The number of pyridine rings is 1. The topological polar surface area (TPSA) is 152 Å². The standard InChI is InChI=1S/C43H62N2O11/c1-11-34-43(8)30(19-35(46)56-43)25(4)36(47)23(2)20-42(7)39(55-41-37(48)32(45(9)10)18-24(3)52-41)26(5)38(27(6)40(49)54-34)50-21-28(22-51-42)53-33-16-17-44-31-15-13-12-14-29(31)33/h12-17,23-28,30,32,34,37-39,41,48H,11,18-22H2,1-10H3/t23-,24-,25-,26+,27-,28?,30+,32+,34-,37-,38+,39-,41+,42-,43+/m1/s1. The van der Waals surface area contributed by atoms with Crippen molar-refractivity contribution in [2.75, 3.05) is 27.3 Å². The Balaban J connectivity index is 1.45. The summed E-state index contributed by atoms with van der Waals surface area (Å²) < 4.78 is 46.0. The molecule has 2 bridgehead atoms. The minimum Gasteiger partial charge on any atom is -0.485 e. The fourth-order valence-electron chi connectivity index (χ4n) is 9.84. The maximum atomic E-state index is 14.6.